The third-order valence-corrected chi connectivity index (χ3v) is 4.68. The third kappa shape index (κ3) is 3.74. The molecule has 3 atom stereocenters. The average molecular weight is 299 g/mol. The minimum absolute atomic E-state index is 0.0104. The Morgan fingerprint density at radius 1 is 1.19 bits per heavy atom. The van der Waals surface area contributed by atoms with Crippen molar-refractivity contribution in [1.82, 2.24) is 5.32 Å². The van der Waals surface area contributed by atoms with Crippen LogP contribution in [0, 0.1) is 11.8 Å². The molecule has 2 aliphatic rings. The van der Waals surface area contributed by atoms with Crippen LogP contribution in [0.25, 0.3) is 0 Å². The molecular weight excluding hydrogens is 274 g/mol. The molecule has 2 aliphatic carbocycles. The minimum Gasteiger partial charge on any atom is -0.481 e. The van der Waals surface area contributed by atoms with E-state index in [1.807, 2.05) is 6.92 Å². The fraction of sp³-hybridized carbons (Fsp3) is 0.867. The minimum atomic E-state index is -0.744. The van der Waals surface area contributed by atoms with Gasteiger partial charge >= 0.3 is 5.97 Å². The fourth-order valence-corrected chi connectivity index (χ4v) is 3.32. The molecule has 21 heavy (non-hydrogen) atoms. The Bertz CT molecular complexity index is 378. The van der Waals surface area contributed by atoms with Gasteiger partial charge in [0.1, 0.15) is 6.10 Å². The maximum absolute atomic E-state index is 12.2. The zero-order valence-corrected chi connectivity index (χ0v) is 12.7. The summed E-state index contributed by atoms with van der Waals surface area (Å²) in [5, 5.41) is 12.0. The van der Waals surface area contributed by atoms with Gasteiger partial charge in [0.25, 0.3) is 0 Å². The lowest BCUT2D eigenvalue weighted by Crippen LogP contribution is -2.61. The van der Waals surface area contributed by atoms with E-state index in [9.17, 15) is 9.59 Å². The molecular formula is C15H25NO5. The summed E-state index contributed by atoms with van der Waals surface area (Å²) in [6.07, 6.45) is 3.25. The number of rotatable bonds is 6. The molecule has 6 nitrogen and oxygen atoms in total. The van der Waals surface area contributed by atoms with E-state index in [1.54, 1.807) is 7.11 Å². The van der Waals surface area contributed by atoms with Crippen molar-refractivity contribution in [3.8, 4) is 0 Å². The summed E-state index contributed by atoms with van der Waals surface area (Å²) in [6, 6.07) is 0.0104. The summed E-state index contributed by atoms with van der Waals surface area (Å²) in [7, 11) is 1.63. The molecule has 0 radical (unpaired) electrons. The highest BCUT2D eigenvalue weighted by molar-refractivity contribution is 5.79. The van der Waals surface area contributed by atoms with Gasteiger partial charge < -0.3 is 19.9 Å². The van der Waals surface area contributed by atoms with Gasteiger partial charge in [0, 0.05) is 19.6 Å². The highest BCUT2D eigenvalue weighted by Crippen LogP contribution is 2.31. The molecule has 0 saturated heterocycles. The third-order valence-electron chi connectivity index (χ3n) is 4.68. The second-order valence-electron chi connectivity index (χ2n) is 5.93. The van der Waals surface area contributed by atoms with Crippen molar-refractivity contribution < 1.29 is 24.2 Å². The first-order valence-corrected chi connectivity index (χ1v) is 7.74. The van der Waals surface area contributed by atoms with Gasteiger partial charge in [-0.25, -0.2) is 0 Å². The summed E-state index contributed by atoms with van der Waals surface area (Å²) in [5.74, 6) is -1.07. The van der Waals surface area contributed by atoms with Crippen molar-refractivity contribution in [1.29, 1.82) is 0 Å². The van der Waals surface area contributed by atoms with Crippen molar-refractivity contribution in [2.75, 3.05) is 13.7 Å². The van der Waals surface area contributed by atoms with Gasteiger partial charge in [0.15, 0.2) is 0 Å². The van der Waals surface area contributed by atoms with Crippen LogP contribution in [0.1, 0.15) is 39.0 Å². The van der Waals surface area contributed by atoms with Gasteiger partial charge in [-0.15, -0.1) is 0 Å². The molecule has 3 unspecified atom stereocenters. The van der Waals surface area contributed by atoms with Gasteiger partial charge in [-0.2, -0.15) is 0 Å². The van der Waals surface area contributed by atoms with Crippen LogP contribution in [0.3, 0.4) is 0 Å². The van der Waals surface area contributed by atoms with E-state index >= 15 is 0 Å². The number of ether oxygens (including phenoxy) is 2. The van der Waals surface area contributed by atoms with Gasteiger partial charge in [-0.3, -0.25) is 9.59 Å². The predicted octanol–water partition coefficient (Wildman–Crippen LogP) is 1.19. The highest BCUT2D eigenvalue weighted by Gasteiger charge is 2.43. The van der Waals surface area contributed by atoms with Crippen LogP contribution in [-0.4, -0.2) is 48.9 Å². The van der Waals surface area contributed by atoms with Crippen LogP contribution in [0.2, 0.25) is 0 Å². The quantitative estimate of drug-likeness (QED) is 0.769. The average Bonchev–Trinajstić information content (AvgIpc) is 2.46. The molecule has 6 heteroatoms. The largest absolute Gasteiger partial charge is 0.481 e. The Hall–Kier alpha value is -1.14. The standard InChI is InChI=1S/C15H25NO5/c1-3-21-12-8-11(13(12)20-2)16-14(17)9-4-6-10(7-5-9)15(18)19/h9-13H,3-8H2,1-2H3,(H,16,17)(H,18,19). The van der Waals surface area contributed by atoms with E-state index < -0.39 is 5.97 Å². The zero-order valence-electron chi connectivity index (χ0n) is 12.7. The van der Waals surface area contributed by atoms with Crippen molar-refractivity contribution >= 4 is 11.9 Å². The Morgan fingerprint density at radius 3 is 2.33 bits per heavy atom. The lowest BCUT2D eigenvalue weighted by Gasteiger charge is -2.43. The summed E-state index contributed by atoms with van der Waals surface area (Å²) < 4.78 is 10.9. The number of hydrogen-bond acceptors (Lipinski definition) is 4. The molecule has 0 aromatic heterocycles. The van der Waals surface area contributed by atoms with Crippen molar-refractivity contribution in [2.24, 2.45) is 11.8 Å². The SMILES string of the molecule is CCOC1CC(NC(=O)C2CCC(C(=O)O)CC2)C1OC. The molecule has 2 rings (SSSR count). The Kier molecular flexibility index (Phi) is 5.58. The van der Waals surface area contributed by atoms with Crippen molar-refractivity contribution in [3.63, 3.8) is 0 Å². The maximum atomic E-state index is 12.2. The van der Waals surface area contributed by atoms with E-state index in [-0.39, 0.29) is 36.0 Å². The van der Waals surface area contributed by atoms with Gasteiger partial charge in [0.05, 0.1) is 18.1 Å². The highest BCUT2D eigenvalue weighted by atomic mass is 16.5. The zero-order chi connectivity index (χ0) is 15.4. The molecule has 2 saturated carbocycles. The molecule has 0 aromatic rings. The number of aliphatic carboxylic acids is 1. The van der Waals surface area contributed by atoms with E-state index in [0.29, 0.717) is 32.3 Å². The van der Waals surface area contributed by atoms with Crippen LogP contribution in [0.4, 0.5) is 0 Å². The summed E-state index contributed by atoms with van der Waals surface area (Å²) in [5.41, 5.74) is 0. The second kappa shape index (κ2) is 7.22. The van der Waals surface area contributed by atoms with Crippen LogP contribution >= 0.6 is 0 Å². The number of nitrogens with one attached hydrogen (secondary N) is 1. The van der Waals surface area contributed by atoms with Crippen molar-refractivity contribution in [2.45, 2.75) is 57.3 Å². The van der Waals surface area contributed by atoms with Crippen LogP contribution in [0.5, 0.6) is 0 Å². The van der Waals surface area contributed by atoms with E-state index in [2.05, 4.69) is 5.32 Å². The smallest absolute Gasteiger partial charge is 0.306 e. The number of carboxylic acids is 1. The summed E-state index contributed by atoms with van der Waals surface area (Å²) >= 11 is 0. The van der Waals surface area contributed by atoms with E-state index in [1.165, 1.54) is 0 Å². The topological polar surface area (TPSA) is 84.9 Å². The Balaban J connectivity index is 1.77. The maximum Gasteiger partial charge on any atom is 0.306 e. The predicted molar refractivity (Wildman–Crippen MR) is 75.8 cm³/mol. The first-order valence-electron chi connectivity index (χ1n) is 7.74. The first kappa shape index (κ1) is 16.2. The summed E-state index contributed by atoms with van der Waals surface area (Å²) in [6.45, 7) is 2.59. The number of hydrogen-bond donors (Lipinski definition) is 2. The normalized spacial score (nSPS) is 35.8. The fourth-order valence-electron chi connectivity index (χ4n) is 3.32. The lowest BCUT2D eigenvalue weighted by atomic mass is 9.80. The van der Waals surface area contributed by atoms with Gasteiger partial charge in [-0.05, 0) is 39.0 Å². The van der Waals surface area contributed by atoms with Crippen molar-refractivity contribution in [3.05, 3.63) is 0 Å². The number of carboxylic acid groups (broad SMARTS) is 1. The summed E-state index contributed by atoms with van der Waals surface area (Å²) in [4.78, 5) is 23.2. The Morgan fingerprint density at radius 2 is 1.81 bits per heavy atom. The molecule has 1 amide bonds. The Labute approximate surface area is 125 Å². The lowest BCUT2D eigenvalue weighted by molar-refractivity contribution is -0.148. The van der Waals surface area contributed by atoms with Gasteiger partial charge in [-0.1, -0.05) is 0 Å². The molecule has 0 heterocycles. The number of carbonyl (C=O) groups is 2. The molecule has 0 aromatic carbocycles. The van der Waals surface area contributed by atoms with Crippen LogP contribution < -0.4 is 5.32 Å². The molecule has 0 spiro atoms. The number of amides is 1. The molecule has 120 valence electrons. The molecule has 0 bridgehead atoms. The van der Waals surface area contributed by atoms with E-state index in [4.69, 9.17) is 14.6 Å². The number of carbonyl (C=O) groups excluding carboxylic acids is 1. The number of methoxy groups -OCH3 is 1. The second-order valence-corrected chi connectivity index (χ2v) is 5.93. The van der Waals surface area contributed by atoms with Crippen LogP contribution in [-0.2, 0) is 19.1 Å². The first-order chi connectivity index (χ1) is 10.1. The molecule has 2 fully saturated rings. The monoisotopic (exact) mass is 299 g/mol. The molecule has 2 N–H and O–H groups in total. The van der Waals surface area contributed by atoms with Crippen LogP contribution in [0.15, 0.2) is 0 Å². The van der Waals surface area contributed by atoms with E-state index in [0.717, 1.165) is 6.42 Å². The van der Waals surface area contributed by atoms with Gasteiger partial charge in [0.2, 0.25) is 5.91 Å². The molecule has 0 aliphatic heterocycles.